The molecule has 0 radical (unpaired) electrons. The second kappa shape index (κ2) is 11.1. The molecule has 0 bridgehead atoms. The molecule has 1 atom stereocenters. The van der Waals surface area contributed by atoms with Gasteiger partial charge in [-0.25, -0.2) is 15.0 Å². The largest absolute Gasteiger partial charge is 0.456 e. The van der Waals surface area contributed by atoms with Crippen molar-refractivity contribution in [2.24, 2.45) is 0 Å². The summed E-state index contributed by atoms with van der Waals surface area (Å²) >= 11 is 1.81. The van der Waals surface area contributed by atoms with E-state index >= 15 is 0 Å². The van der Waals surface area contributed by atoms with Crippen LogP contribution in [0.5, 0.6) is 0 Å². The maximum atomic E-state index is 6.54. The summed E-state index contributed by atoms with van der Waals surface area (Å²) in [7, 11) is 0. The van der Waals surface area contributed by atoms with Crippen LogP contribution in [0, 0.1) is 0 Å². The average molecular weight is 674 g/mol. The molecule has 0 aliphatic heterocycles. The van der Waals surface area contributed by atoms with E-state index in [2.05, 4.69) is 109 Å². The fraction of sp³-hybridized carbons (Fsp3) is 0.0444. The number of para-hydroxylation sites is 2. The third kappa shape index (κ3) is 4.57. The minimum absolute atomic E-state index is 0.0384. The highest BCUT2D eigenvalue weighted by Gasteiger charge is 2.22. The maximum Gasteiger partial charge on any atom is 0.164 e. The number of furan rings is 2. The van der Waals surface area contributed by atoms with Gasteiger partial charge in [0.15, 0.2) is 11.6 Å². The van der Waals surface area contributed by atoms with Gasteiger partial charge in [0.1, 0.15) is 28.2 Å². The van der Waals surface area contributed by atoms with Gasteiger partial charge in [-0.2, -0.15) is 0 Å². The lowest BCUT2D eigenvalue weighted by Crippen LogP contribution is -2.08. The zero-order valence-electron chi connectivity index (χ0n) is 27.2. The van der Waals surface area contributed by atoms with Crippen LogP contribution in [0.3, 0.4) is 0 Å². The van der Waals surface area contributed by atoms with Crippen LogP contribution < -0.4 is 0 Å². The number of aromatic nitrogens is 3. The molecule has 0 N–H and O–H groups in total. The van der Waals surface area contributed by atoms with Crippen molar-refractivity contribution in [3.8, 4) is 33.9 Å². The molecule has 6 heteroatoms. The number of nitrogens with zero attached hydrogens (tertiary/aromatic N) is 3. The van der Waals surface area contributed by atoms with E-state index in [4.69, 9.17) is 23.8 Å². The van der Waals surface area contributed by atoms with Crippen molar-refractivity contribution in [3.05, 3.63) is 151 Å². The van der Waals surface area contributed by atoms with Crippen LogP contribution in [0.2, 0.25) is 0 Å². The van der Waals surface area contributed by atoms with Crippen molar-refractivity contribution >= 4 is 75.4 Å². The molecule has 0 spiro atoms. The molecule has 0 fully saturated rings. The Hall–Kier alpha value is -6.37. The lowest BCUT2D eigenvalue weighted by atomic mass is 9.97. The molecular formula is C45H27N3O2S. The van der Waals surface area contributed by atoms with E-state index in [0.29, 0.717) is 11.6 Å². The van der Waals surface area contributed by atoms with Crippen LogP contribution in [0.25, 0.3) is 98.0 Å². The summed E-state index contributed by atoms with van der Waals surface area (Å²) in [6.07, 6.45) is 9.35. The summed E-state index contributed by atoms with van der Waals surface area (Å²) in [5, 5.41) is 6.67. The van der Waals surface area contributed by atoms with Gasteiger partial charge >= 0.3 is 0 Å². The highest BCUT2D eigenvalue weighted by molar-refractivity contribution is 7.25. The van der Waals surface area contributed by atoms with E-state index in [1.807, 2.05) is 47.7 Å². The van der Waals surface area contributed by atoms with E-state index in [9.17, 15) is 0 Å². The SMILES string of the molecule is C1=CCC(c2nc(-c3ccc4sc5ccccc5c4c3)nc(-c3cc(-c4ccc5c(c4)oc4ccccc45)cc4oc5ccccc5c34)n2)C=C1. The highest BCUT2D eigenvalue weighted by atomic mass is 32.1. The third-order valence-corrected chi connectivity index (χ3v) is 11.2. The van der Waals surface area contributed by atoms with Gasteiger partial charge < -0.3 is 8.83 Å². The minimum Gasteiger partial charge on any atom is -0.456 e. The number of fused-ring (bicyclic) bond motifs is 9. The molecular weight excluding hydrogens is 647 g/mol. The number of allylic oxidation sites excluding steroid dienone is 4. The number of benzene rings is 6. The molecule has 1 unspecified atom stereocenters. The van der Waals surface area contributed by atoms with Crippen molar-refractivity contribution in [1.29, 1.82) is 0 Å². The van der Waals surface area contributed by atoms with Crippen molar-refractivity contribution in [2.75, 3.05) is 0 Å². The lowest BCUT2D eigenvalue weighted by Gasteiger charge is -2.15. The summed E-state index contributed by atoms with van der Waals surface area (Å²) in [6, 6.07) is 42.2. The standard InChI is InChI=1S/C45H27N3O2S/c1-2-10-26(11-3-1)43-46-44(28-19-21-41-34(22-28)32-13-6-9-17-40(32)51-41)48-45(47-43)35-23-29(25-39-42(35)33-14-5-8-16-37(33)50-39)27-18-20-31-30-12-4-7-15-36(30)49-38(31)24-27/h1-10,12-26H,11H2. The average Bonchev–Trinajstić information content (AvgIpc) is 3.88. The Kier molecular flexibility index (Phi) is 6.18. The van der Waals surface area contributed by atoms with Crippen molar-refractivity contribution in [1.82, 2.24) is 15.0 Å². The van der Waals surface area contributed by atoms with E-state index in [1.165, 1.54) is 20.2 Å². The first kappa shape index (κ1) is 28.5. The minimum atomic E-state index is 0.0384. The molecule has 6 aromatic carbocycles. The van der Waals surface area contributed by atoms with E-state index in [1.54, 1.807) is 0 Å². The van der Waals surface area contributed by atoms with E-state index in [0.717, 1.165) is 78.4 Å². The molecule has 0 saturated carbocycles. The van der Waals surface area contributed by atoms with Crippen molar-refractivity contribution in [2.45, 2.75) is 12.3 Å². The van der Waals surface area contributed by atoms with Gasteiger partial charge in [-0.15, -0.1) is 11.3 Å². The summed E-state index contributed by atoms with van der Waals surface area (Å²) in [6.45, 7) is 0. The van der Waals surface area contributed by atoms with Gasteiger partial charge in [-0.1, -0.05) is 85.0 Å². The molecule has 1 aliphatic rings. The lowest BCUT2D eigenvalue weighted by molar-refractivity contribution is 0.668. The van der Waals surface area contributed by atoms with E-state index < -0.39 is 0 Å². The maximum absolute atomic E-state index is 6.54. The fourth-order valence-corrected chi connectivity index (χ4v) is 8.63. The first-order valence-electron chi connectivity index (χ1n) is 17.1. The smallest absolute Gasteiger partial charge is 0.164 e. The Morgan fingerprint density at radius 2 is 1.22 bits per heavy atom. The second-order valence-electron chi connectivity index (χ2n) is 13.1. The monoisotopic (exact) mass is 673 g/mol. The quantitative estimate of drug-likeness (QED) is 0.186. The zero-order valence-corrected chi connectivity index (χ0v) is 28.0. The van der Waals surface area contributed by atoms with Crippen LogP contribution in [-0.4, -0.2) is 15.0 Å². The molecule has 1 aliphatic carbocycles. The molecule has 4 aromatic heterocycles. The molecule has 10 aromatic rings. The number of hydrogen-bond acceptors (Lipinski definition) is 6. The van der Waals surface area contributed by atoms with Crippen LogP contribution in [0.1, 0.15) is 18.2 Å². The highest BCUT2D eigenvalue weighted by Crippen LogP contribution is 2.42. The molecule has 5 nitrogen and oxygen atoms in total. The second-order valence-corrected chi connectivity index (χ2v) is 14.2. The van der Waals surface area contributed by atoms with Crippen LogP contribution >= 0.6 is 11.3 Å². The molecule has 51 heavy (non-hydrogen) atoms. The van der Waals surface area contributed by atoms with E-state index in [-0.39, 0.29) is 5.92 Å². The normalized spacial score (nSPS) is 14.6. The van der Waals surface area contributed by atoms with Gasteiger partial charge in [0.2, 0.25) is 0 Å². The Morgan fingerprint density at radius 1 is 0.510 bits per heavy atom. The number of hydrogen-bond donors (Lipinski definition) is 0. The van der Waals surface area contributed by atoms with Gasteiger partial charge in [-0.3, -0.25) is 0 Å². The number of thiophene rings is 1. The Labute approximate surface area is 295 Å². The summed E-state index contributed by atoms with van der Waals surface area (Å²) in [4.78, 5) is 15.7. The zero-order chi connectivity index (χ0) is 33.5. The summed E-state index contributed by atoms with van der Waals surface area (Å²) in [5.74, 6) is 2.07. The molecule has 240 valence electrons. The van der Waals surface area contributed by atoms with Crippen LogP contribution in [0.15, 0.2) is 154 Å². The Balaban J connectivity index is 1.16. The topological polar surface area (TPSA) is 65.0 Å². The fourth-order valence-electron chi connectivity index (χ4n) is 7.55. The predicted octanol–water partition coefficient (Wildman–Crippen LogP) is 12.6. The molecule has 0 saturated heterocycles. The first-order chi connectivity index (χ1) is 25.2. The van der Waals surface area contributed by atoms with Crippen molar-refractivity contribution < 1.29 is 8.83 Å². The first-order valence-corrected chi connectivity index (χ1v) is 17.9. The molecule has 0 amide bonds. The van der Waals surface area contributed by atoms with Gasteiger partial charge in [0.05, 0.1) is 0 Å². The summed E-state index contributed by atoms with van der Waals surface area (Å²) < 4.78 is 15.4. The molecule has 4 heterocycles. The predicted molar refractivity (Wildman–Crippen MR) is 209 cm³/mol. The van der Waals surface area contributed by atoms with Crippen LogP contribution in [0.4, 0.5) is 0 Å². The summed E-state index contributed by atoms with van der Waals surface area (Å²) in [5.41, 5.74) is 7.21. The third-order valence-electron chi connectivity index (χ3n) is 10.0. The molecule has 11 rings (SSSR count). The Bertz CT molecular complexity index is 3090. The number of rotatable bonds is 4. The van der Waals surface area contributed by atoms with Crippen molar-refractivity contribution in [3.63, 3.8) is 0 Å². The van der Waals surface area contributed by atoms with Gasteiger partial charge in [0, 0.05) is 58.8 Å². The van der Waals surface area contributed by atoms with Crippen LogP contribution in [-0.2, 0) is 0 Å². The van der Waals surface area contributed by atoms with Gasteiger partial charge in [0.25, 0.3) is 0 Å². The van der Waals surface area contributed by atoms with Gasteiger partial charge in [-0.05, 0) is 78.2 Å². The Morgan fingerprint density at radius 3 is 2.10 bits per heavy atom.